The van der Waals surface area contributed by atoms with Gasteiger partial charge in [-0.2, -0.15) is 0 Å². The molecule has 0 bridgehead atoms. The van der Waals surface area contributed by atoms with Crippen molar-refractivity contribution in [1.82, 2.24) is 4.90 Å². The predicted octanol–water partition coefficient (Wildman–Crippen LogP) is 2.57. The molecular formula is C14H19BrIN3O. The molecule has 2 atom stereocenters. The number of aliphatic imine (C=N–C) groups is 1. The quantitative estimate of drug-likeness (QED) is 0.427. The van der Waals surface area contributed by atoms with E-state index in [9.17, 15) is 0 Å². The minimum Gasteiger partial charge on any atom is -0.378 e. The number of rotatable bonds is 2. The fourth-order valence-electron chi connectivity index (χ4n) is 2.48. The summed E-state index contributed by atoms with van der Waals surface area (Å²) in [6, 6.07) is 8.69. The van der Waals surface area contributed by atoms with Crippen molar-refractivity contribution in [2.75, 3.05) is 26.3 Å². The zero-order valence-corrected chi connectivity index (χ0v) is 15.1. The first-order valence-corrected chi connectivity index (χ1v) is 7.45. The van der Waals surface area contributed by atoms with Gasteiger partial charge in [0.15, 0.2) is 5.96 Å². The van der Waals surface area contributed by atoms with Gasteiger partial charge in [0.05, 0.1) is 19.3 Å². The molecule has 1 saturated carbocycles. The van der Waals surface area contributed by atoms with Gasteiger partial charge in [-0.05, 0) is 18.1 Å². The van der Waals surface area contributed by atoms with E-state index in [-0.39, 0.29) is 24.0 Å². The summed E-state index contributed by atoms with van der Waals surface area (Å²) in [6.45, 7) is 3.19. The van der Waals surface area contributed by atoms with Crippen molar-refractivity contribution in [3.8, 4) is 0 Å². The second kappa shape index (κ2) is 7.09. The maximum atomic E-state index is 6.08. The van der Waals surface area contributed by atoms with Crippen LogP contribution >= 0.6 is 39.9 Å². The first-order chi connectivity index (χ1) is 9.25. The molecule has 2 fully saturated rings. The first kappa shape index (κ1) is 16.0. The summed E-state index contributed by atoms with van der Waals surface area (Å²) in [5.74, 6) is 1.18. The number of nitrogens with zero attached hydrogens (tertiary/aromatic N) is 2. The van der Waals surface area contributed by atoms with Crippen LogP contribution in [0, 0.1) is 0 Å². The lowest BCUT2D eigenvalue weighted by Crippen LogP contribution is -2.45. The largest absolute Gasteiger partial charge is 0.378 e. The third-order valence-corrected chi connectivity index (χ3v) is 4.42. The van der Waals surface area contributed by atoms with Crippen LogP contribution in [0.1, 0.15) is 17.9 Å². The van der Waals surface area contributed by atoms with Crippen LogP contribution in [0.4, 0.5) is 0 Å². The van der Waals surface area contributed by atoms with Crippen molar-refractivity contribution >= 4 is 45.9 Å². The summed E-state index contributed by atoms with van der Waals surface area (Å²) in [5, 5.41) is 0. The topological polar surface area (TPSA) is 50.8 Å². The molecule has 0 spiro atoms. The van der Waals surface area contributed by atoms with E-state index in [0.717, 1.165) is 32.7 Å². The van der Waals surface area contributed by atoms with Crippen LogP contribution in [0.15, 0.2) is 33.7 Å². The van der Waals surface area contributed by atoms with E-state index < -0.39 is 0 Å². The number of hydrogen-bond donors (Lipinski definition) is 1. The zero-order chi connectivity index (χ0) is 13.2. The van der Waals surface area contributed by atoms with Gasteiger partial charge in [-0.25, -0.2) is 4.99 Å². The number of nitrogens with two attached hydrogens (primary N) is 1. The summed E-state index contributed by atoms with van der Waals surface area (Å²) in [4.78, 5) is 6.77. The number of morpholine rings is 1. The smallest absolute Gasteiger partial charge is 0.191 e. The van der Waals surface area contributed by atoms with E-state index in [1.807, 2.05) is 6.07 Å². The second-order valence-corrected chi connectivity index (χ2v) is 5.87. The summed E-state index contributed by atoms with van der Waals surface area (Å²) in [7, 11) is 0. The number of halogens is 2. The maximum Gasteiger partial charge on any atom is 0.191 e. The van der Waals surface area contributed by atoms with E-state index in [0.29, 0.717) is 17.9 Å². The van der Waals surface area contributed by atoms with E-state index in [1.165, 1.54) is 10.0 Å². The van der Waals surface area contributed by atoms with Crippen LogP contribution in [0.25, 0.3) is 0 Å². The molecule has 1 aromatic rings. The minimum absolute atomic E-state index is 0. The molecule has 2 aliphatic rings. The van der Waals surface area contributed by atoms with Crippen LogP contribution < -0.4 is 5.73 Å². The summed E-state index contributed by atoms with van der Waals surface area (Å²) >= 11 is 3.60. The van der Waals surface area contributed by atoms with E-state index >= 15 is 0 Å². The van der Waals surface area contributed by atoms with Crippen molar-refractivity contribution < 1.29 is 4.74 Å². The molecule has 0 unspecified atom stereocenters. The second-order valence-electron chi connectivity index (χ2n) is 5.02. The van der Waals surface area contributed by atoms with Gasteiger partial charge in [0, 0.05) is 23.5 Å². The SMILES string of the molecule is I.NC(=N[C@@H]1C[C@H]1c1ccccc1Br)N1CCOCC1. The molecule has 0 aromatic heterocycles. The minimum atomic E-state index is 0. The number of benzene rings is 1. The number of ether oxygens (including phenoxy) is 1. The van der Waals surface area contributed by atoms with Gasteiger partial charge in [0.25, 0.3) is 0 Å². The Morgan fingerprint density at radius 3 is 2.70 bits per heavy atom. The third kappa shape index (κ3) is 3.65. The Morgan fingerprint density at radius 1 is 1.30 bits per heavy atom. The number of hydrogen-bond acceptors (Lipinski definition) is 2. The van der Waals surface area contributed by atoms with Crippen LogP contribution in [-0.4, -0.2) is 43.2 Å². The van der Waals surface area contributed by atoms with Crippen LogP contribution in [-0.2, 0) is 4.74 Å². The Kier molecular flexibility index (Phi) is 5.68. The van der Waals surface area contributed by atoms with Crippen LogP contribution in [0.5, 0.6) is 0 Å². The monoisotopic (exact) mass is 451 g/mol. The molecule has 110 valence electrons. The highest BCUT2D eigenvalue weighted by Crippen LogP contribution is 2.46. The fourth-order valence-corrected chi connectivity index (χ4v) is 3.06. The molecular weight excluding hydrogens is 433 g/mol. The van der Waals surface area contributed by atoms with Gasteiger partial charge in [-0.3, -0.25) is 0 Å². The van der Waals surface area contributed by atoms with Gasteiger partial charge in [0.2, 0.25) is 0 Å². The standard InChI is InChI=1S/C14H18BrN3O.HI/c15-12-4-2-1-3-10(12)11-9-13(11)17-14(16)18-5-7-19-8-6-18;/h1-4,11,13H,5-9H2,(H2,16,17);1H/t11-,13+;/m0./s1. The molecule has 0 amide bonds. The van der Waals surface area contributed by atoms with E-state index in [4.69, 9.17) is 10.5 Å². The zero-order valence-electron chi connectivity index (χ0n) is 11.2. The van der Waals surface area contributed by atoms with Crippen LogP contribution in [0.3, 0.4) is 0 Å². The Balaban J connectivity index is 0.00000147. The van der Waals surface area contributed by atoms with Crippen molar-refractivity contribution in [1.29, 1.82) is 0 Å². The molecule has 2 N–H and O–H groups in total. The highest BCUT2D eigenvalue weighted by atomic mass is 127. The predicted molar refractivity (Wildman–Crippen MR) is 94.7 cm³/mol. The normalized spacial score (nSPS) is 26.1. The first-order valence-electron chi connectivity index (χ1n) is 6.66. The van der Waals surface area contributed by atoms with Crippen molar-refractivity contribution in [2.45, 2.75) is 18.4 Å². The van der Waals surface area contributed by atoms with Crippen molar-refractivity contribution in [3.63, 3.8) is 0 Å². The summed E-state index contributed by atoms with van der Waals surface area (Å²) < 4.78 is 6.49. The maximum absolute atomic E-state index is 6.08. The molecule has 0 radical (unpaired) electrons. The van der Waals surface area contributed by atoms with Gasteiger partial charge in [-0.1, -0.05) is 34.1 Å². The highest BCUT2D eigenvalue weighted by molar-refractivity contribution is 14.0. The highest BCUT2D eigenvalue weighted by Gasteiger charge is 2.39. The molecule has 1 aromatic carbocycles. The number of guanidine groups is 1. The fraction of sp³-hybridized carbons (Fsp3) is 0.500. The lowest BCUT2D eigenvalue weighted by atomic mass is 10.1. The Hall–Kier alpha value is -0.340. The molecule has 1 aliphatic carbocycles. The summed E-state index contributed by atoms with van der Waals surface area (Å²) in [5.41, 5.74) is 7.42. The van der Waals surface area contributed by atoms with Gasteiger partial charge in [0.1, 0.15) is 0 Å². The molecule has 3 rings (SSSR count). The van der Waals surface area contributed by atoms with Gasteiger partial charge in [-0.15, -0.1) is 24.0 Å². The Labute approximate surface area is 144 Å². The average molecular weight is 452 g/mol. The third-order valence-electron chi connectivity index (χ3n) is 3.69. The lowest BCUT2D eigenvalue weighted by molar-refractivity contribution is 0.0674. The Bertz CT molecular complexity index is 491. The van der Waals surface area contributed by atoms with Crippen molar-refractivity contribution in [2.24, 2.45) is 10.7 Å². The molecule has 1 saturated heterocycles. The molecule has 1 aliphatic heterocycles. The van der Waals surface area contributed by atoms with E-state index in [2.05, 4.69) is 44.0 Å². The molecule has 20 heavy (non-hydrogen) atoms. The average Bonchev–Trinajstić information content (AvgIpc) is 3.19. The van der Waals surface area contributed by atoms with Crippen LogP contribution in [0.2, 0.25) is 0 Å². The molecule has 4 nitrogen and oxygen atoms in total. The lowest BCUT2D eigenvalue weighted by Gasteiger charge is -2.27. The van der Waals surface area contributed by atoms with E-state index in [1.54, 1.807) is 0 Å². The summed E-state index contributed by atoms with van der Waals surface area (Å²) in [6.07, 6.45) is 1.09. The molecule has 6 heteroatoms. The Morgan fingerprint density at radius 2 is 2.00 bits per heavy atom. The molecule has 1 heterocycles. The van der Waals surface area contributed by atoms with Gasteiger partial charge < -0.3 is 15.4 Å². The van der Waals surface area contributed by atoms with Gasteiger partial charge >= 0.3 is 0 Å². The van der Waals surface area contributed by atoms with Crippen molar-refractivity contribution in [3.05, 3.63) is 34.3 Å².